The van der Waals surface area contributed by atoms with Crippen LogP contribution >= 0.6 is 23.1 Å². The maximum Gasteiger partial charge on any atom is 0.324 e. The first kappa shape index (κ1) is 14.2. The first-order valence-electron chi connectivity index (χ1n) is 7.19. The highest BCUT2D eigenvalue weighted by molar-refractivity contribution is 8.01. The molecule has 0 radical (unpaired) electrons. The lowest BCUT2D eigenvalue weighted by molar-refractivity contribution is 0.159. The third-order valence-electron chi connectivity index (χ3n) is 3.92. The summed E-state index contributed by atoms with van der Waals surface area (Å²) in [5, 5.41) is 0. The van der Waals surface area contributed by atoms with Crippen molar-refractivity contribution < 1.29 is 4.79 Å². The van der Waals surface area contributed by atoms with Gasteiger partial charge in [-0.2, -0.15) is 0 Å². The van der Waals surface area contributed by atoms with Crippen LogP contribution in [-0.2, 0) is 6.42 Å². The smallest absolute Gasteiger partial charge is 0.322 e. The van der Waals surface area contributed by atoms with Gasteiger partial charge in [0.2, 0.25) is 0 Å². The van der Waals surface area contributed by atoms with E-state index in [1.54, 1.807) is 0 Å². The number of piperazine rings is 1. The van der Waals surface area contributed by atoms with Crippen molar-refractivity contribution in [3.05, 3.63) is 10.9 Å². The molecule has 6 heteroatoms. The predicted octanol–water partition coefficient (Wildman–Crippen LogP) is 2.59. The third kappa shape index (κ3) is 2.69. The minimum Gasteiger partial charge on any atom is -0.322 e. The summed E-state index contributed by atoms with van der Waals surface area (Å²) in [6.07, 6.45) is 1.05. The van der Waals surface area contributed by atoms with Gasteiger partial charge in [0.1, 0.15) is 0 Å². The van der Waals surface area contributed by atoms with Gasteiger partial charge in [-0.1, -0.05) is 6.92 Å². The Hall–Kier alpha value is -0.720. The van der Waals surface area contributed by atoms with Gasteiger partial charge in [-0.3, -0.25) is 4.90 Å². The van der Waals surface area contributed by atoms with Crippen LogP contribution in [0.1, 0.15) is 11.8 Å². The van der Waals surface area contributed by atoms with E-state index in [1.807, 2.05) is 32.9 Å². The van der Waals surface area contributed by atoms with Gasteiger partial charge in [-0.15, -0.1) is 23.1 Å². The number of carbonyl (C=O) groups is 1. The number of hydrogen-bond acceptors (Lipinski definition) is 4. The fourth-order valence-corrected chi connectivity index (χ4v) is 5.00. The monoisotopic (exact) mass is 311 g/mol. The third-order valence-corrected chi connectivity index (χ3v) is 6.45. The molecular formula is C14H21N3OS2. The Morgan fingerprint density at radius 2 is 2.00 bits per heavy atom. The van der Waals surface area contributed by atoms with Crippen LogP contribution < -0.4 is 4.90 Å². The van der Waals surface area contributed by atoms with Gasteiger partial charge in [0.05, 0.1) is 9.90 Å². The molecule has 2 amide bonds. The number of hydrogen-bond donors (Lipinski definition) is 0. The number of carbonyl (C=O) groups excluding carboxylic acids is 1. The SMILES string of the molecule is CCc1cc2c(s1)SCCN2C(=O)N1CCN(C)CC1. The molecule has 20 heavy (non-hydrogen) atoms. The van der Waals surface area contributed by atoms with Gasteiger partial charge < -0.3 is 9.80 Å². The summed E-state index contributed by atoms with van der Waals surface area (Å²) in [7, 11) is 2.11. The number of fused-ring (bicyclic) bond motifs is 1. The van der Waals surface area contributed by atoms with Gasteiger partial charge >= 0.3 is 6.03 Å². The van der Waals surface area contributed by atoms with Crippen LogP contribution in [0, 0.1) is 0 Å². The zero-order chi connectivity index (χ0) is 14.1. The largest absolute Gasteiger partial charge is 0.324 e. The topological polar surface area (TPSA) is 26.8 Å². The molecule has 0 saturated carbocycles. The molecule has 0 bridgehead atoms. The highest BCUT2D eigenvalue weighted by Crippen LogP contribution is 2.42. The molecule has 1 fully saturated rings. The molecule has 0 aromatic carbocycles. The van der Waals surface area contributed by atoms with E-state index in [0.29, 0.717) is 0 Å². The fraction of sp³-hybridized carbons (Fsp3) is 0.643. The fourth-order valence-electron chi connectivity index (χ4n) is 2.60. The lowest BCUT2D eigenvalue weighted by Gasteiger charge is -2.37. The Bertz CT molecular complexity index is 495. The van der Waals surface area contributed by atoms with Crippen LogP contribution in [0.5, 0.6) is 0 Å². The van der Waals surface area contributed by atoms with E-state index in [0.717, 1.165) is 50.6 Å². The summed E-state index contributed by atoms with van der Waals surface area (Å²) in [5.41, 5.74) is 1.15. The molecule has 1 saturated heterocycles. The second kappa shape index (κ2) is 5.95. The molecule has 2 aliphatic heterocycles. The van der Waals surface area contributed by atoms with Crippen LogP contribution in [0.4, 0.5) is 10.5 Å². The van der Waals surface area contributed by atoms with Crippen molar-refractivity contribution in [3.8, 4) is 0 Å². The lowest BCUT2D eigenvalue weighted by atomic mass is 10.3. The maximum absolute atomic E-state index is 12.7. The summed E-state index contributed by atoms with van der Waals surface area (Å²) in [4.78, 5) is 20.4. The van der Waals surface area contributed by atoms with Gasteiger partial charge in [0, 0.05) is 43.4 Å². The van der Waals surface area contributed by atoms with Gasteiger partial charge in [-0.25, -0.2) is 4.79 Å². The van der Waals surface area contributed by atoms with E-state index < -0.39 is 0 Å². The van der Waals surface area contributed by atoms with E-state index in [2.05, 4.69) is 24.9 Å². The number of thiophene rings is 1. The molecule has 0 aliphatic carbocycles. The Morgan fingerprint density at radius 1 is 1.25 bits per heavy atom. The number of amides is 2. The Morgan fingerprint density at radius 3 is 2.70 bits per heavy atom. The highest BCUT2D eigenvalue weighted by Gasteiger charge is 2.29. The number of likely N-dealkylation sites (N-methyl/N-ethyl adjacent to an activating group) is 1. The Kier molecular flexibility index (Phi) is 4.23. The molecule has 4 nitrogen and oxygen atoms in total. The van der Waals surface area contributed by atoms with E-state index in [1.165, 1.54) is 9.09 Å². The summed E-state index contributed by atoms with van der Waals surface area (Å²) in [5.74, 6) is 1.01. The van der Waals surface area contributed by atoms with Crippen molar-refractivity contribution >= 4 is 34.8 Å². The first-order valence-corrected chi connectivity index (χ1v) is 8.99. The number of urea groups is 1. The molecule has 0 unspecified atom stereocenters. The minimum atomic E-state index is 0.195. The number of thioether (sulfide) groups is 1. The van der Waals surface area contributed by atoms with Crippen molar-refractivity contribution in [3.63, 3.8) is 0 Å². The average molecular weight is 311 g/mol. The molecule has 0 N–H and O–H groups in total. The number of anilines is 1. The van der Waals surface area contributed by atoms with E-state index in [4.69, 9.17) is 0 Å². The van der Waals surface area contributed by atoms with E-state index >= 15 is 0 Å². The maximum atomic E-state index is 12.7. The minimum absolute atomic E-state index is 0.195. The summed E-state index contributed by atoms with van der Waals surface area (Å²) in [6, 6.07) is 2.40. The predicted molar refractivity (Wildman–Crippen MR) is 86.2 cm³/mol. The first-order chi connectivity index (χ1) is 9.69. The van der Waals surface area contributed by atoms with Gasteiger partial charge in [0.25, 0.3) is 0 Å². The second-order valence-electron chi connectivity index (χ2n) is 5.31. The zero-order valence-corrected chi connectivity index (χ0v) is 13.7. The van der Waals surface area contributed by atoms with Crippen molar-refractivity contribution in [2.75, 3.05) is 50.4 Å². The molecule has 0 atom stereocenters. The summed E-state index contributed by atoms with van der Waals surface area (Å²) >= 11 is 3.74. The molecule has 110 valence electrons. The van der Waals surface area contributed by atoms with Crippen molar-refractivity contribution in [1.82, 2.24) is 9.80 Å². The van der Waals surface area contributed by atoms with Crippen LogP contribution in [0.2, 0.25) is 0 Å². The number of nitrogens with zero attached hydrogens (tertiary/aromatic N) is 3. The summed E-state index contributed by atoms with van der Waals surface area (Å²) < 4.78 is 1.32. The van der Waals surface area contributed by atoms with Gasteiger partial charge in [0.15, 0.2) is 0 Å². The lowest BCUT2D eigenvalue weighted by Crippen LogP contribution is -2.52. The Balaban J connectivity index is 1.77. The molecule has 3 rings (SSSR count). The van der Waals surface area contributed by atoms with Crippen LogP contribution in [0.25, 0.3) is 0 Å². The van der Waals surface area contributed by atoms with Crippen molar-refractivity contribution in [2.24, 2.45) is 0 Å². The average Bonchev–Trinajstić information content (AvgIpc) is 2.90. The molecule has 1 aromatic heterocycles. The standard InChI is InChI=1S/C14H21N3OS2/c1-3-11-10-12-13(20-11)19-9-8-17(12)14(18)16-6-4-15(2)5-7-16/h10H,3-9H2,1-2H3. The van der Waals surface area contributed by atoms with E-state index in [-0.39, 0.29) is 6.03 Å². The highest BCUT2D eigenvalue weighted by atomic mass is 32.2. The number of rotatable bonds is 1. The van der Waals surface area contributed by atoms with E-state index in [9.17, 15) is 4.79 Å². The summed E-state index contributed by atoms with van der Waals surface area (Å²) in [6.45, 7) is 6.66. The molecule has 1 aromatic rings. The van der Waals surface area contributed by atoms with Crippen molar-refractivity contribution in [2.45, 2.75) is 17.6 Å². The second-order valence-corrected chi connectivity index (χ2v) is 7.81. The van der Waals surface area contributed by atoms with Crippen molar-refractivity contribution in [1.29, 1.82) is 0 Å². The van der Waals surface area contributed by atoms with Crippen LogP contribution in [0.3, 0.4) is 0 Å². The van der Waals surface area contributed by atoms with Crippen LogP contribution in [0.15, 0.2) is 10.3 Å². The molecule has 2 aliphatic rings. The molecular weight excluding hydrogens is 290 g/mol. The molecule has 0 spiro atoms. The quantitative estimate of drug-likeness (QED) is 0.797. The number of aryl methyl sites for hydroxylation is 1. The molecule has 3 heterocycles. The van der Waals surface area contributed by atoms with Crippen LogP contribution in [-0.4, -0.2) is 61.4 Å². The normalized spacial score (nSPS) is 20.1. The Labute approximate surface area is 128 Å². The zero-order valence-electron chi connectivity index (χ0n) is 12.1. The van der Waals surface area contributed by atoms with Gasteiger partial charge in [-0.05, 0) is 19.5 Å².